The summed E-state index contributed by atoms with van der Waals surface area (Å²) >= 11 is 6.87. The van der Waals surface area contributed by atoms with E-state index in [4.69, 9.17) is 4.74 Å². The first-order valence-corrected chi connectivity index (χ1v) is 9.03. The molecule has 0 aliphatic heterocycles. The summed E-state index contributed by atoms with van der Waals surface area (Å²) in [5, 5.41) is 22.2. The number of nitro groups is 2. The Balaban J connectivity index is 2.46. The molecule has 0 saturated heterocycles. The predicted octanol–water partition coefficient (Wildman–Crippen LogP) is 5.00. The molecule has 8 nitrogen and oxygen atoms in total. The number of nitro benzene ring substituents is 2. The van der Waals surface area contributed by atoms with E-state index in [9.17, 15) is 25.0 Å². The maximum atomic E-state index is 11.4. The summed E-state index contributed by atoms with van der Waals surface area (Å²) in [6.07, 6.45) is 0. The average Bonchev–Trinajstić information content (AvgIpc) is 2.59. The largest absolute Gasteiger partial charge is 0.426 e. The van der Waals surface area contributed by atoms with Gasteiger partial charge in [-0.3, -0.25) is 25.0 Å². The van der Waals surface area contributed by atoms with Crippen molar-refractivity contribution in [3.63, 3.8) is 0 Å². The fourth-order valence-corrected chi connectivity index (χ4v) is 3.64. The molecule has 0 aliphatic carbocycles. The van der Waals surface area contributed by atoms with E-state index in [2.05, 4.69) is 31.9 Å². The SMILES string of the molecule is CC(=O)Oc1ccccc1C(Br)C(Br)c1ccc([N+](=O)[O-])cc1[N+](=O)[O-]. The van der Waals surface area contributed by atoms with Gasteiger partial charge in [0.15, 0.2) is 0 Å². The topological polar surface area (TPSA) is 113 Å². The van der Waals surface area contributed by atoms with Gasteiger partial charge in [-0.1, -0.05) is 50.1 Å². The highest BCUT2D eigenvalue weighted by molar-refractivity contribution is 9.12. The number of alkyl halides is 2. The highest BCUT2D eigenvalue weighted by Gasteiger charge is 2.30. The van der Waals surface area contributed by atoms with Gasteiger partial charge in [0, 0.05) is 24.1 Å². The summed E-state index contributed by atoms with van der Waals surface area (Å²) in [5.74, 6) is -0.180. The van der Waals surface area contributed by atoms with Crippen LogP contribution in [0, 0.1) is 20.2 Å². The zero-order valence-electron chi connectivity index (χ0n) is 13.3. The molecule has 0 aliphatic rings. The lowest BCUT2D eigenvalue weighted by molar-refractivity contribution is -0.394. The van der Waals surface area contributed by atoms with Crippen molar-refractivity contribution in [3.8, 4) is 5.75 Å². The average molecular weight is 488 g/mol. The Labute approximate surface area is 164 Å². The van der Waals surface area contributed by atoms with Crippen LogP contribution in [0.1, 0.15) is 27.7 Å². The van der Waals surface area contributed by atoms with E-state index in [-0.39, 0.29) is 16.9 Å². The molecule has 2 rings (SSSR count). The van der Waals surface area contributed by atoms with Crippen molar-refractivity contribution in [2.75, 3.05) is 0 Å². The number of halogens is 2. The molecule has 0 fully saturated rings. The third-order valence-corrected chi connectivity index (χ3v) is 6.20. The molecule has 10 heteroatoms. The van der Waals surface area contributed by atoms with Crippen LogP contribution >= 0.6 is 31.9 Å². The lowest BCUT2D eigenvalue weighted by Crippen LogP contribution is -2.08. The Bertz CT molecular complexity index is 874. The Morgan fingerprint density at radius 3 is 2.19 bits per heavy atom. The third kappa shape index (κ3) is 4.44. The zero-order chi connectivity index (χ0) is 19.4. The van der Waals surface area contributed by atoms with Crippen molar-refractivity contribution in [3.05, 3.63) is 73.8 Å². The molecule has 136 valence electrons. The Hall–Kier alpha value is -2.33. The van der Waals surface area contributed by atoms with Crippen LogP contribution in [-0.2, 0) is 4.79 Å². The molecule has 0 aromatic heterocycles. The van der Waals surface area contributed by atoms with E-state index in [0.717, 1.165) is 6.07 Å². The molecule has 2 aromatic carbocycles. The highest BCUT2D eigenvalue weighted by atomic mass is 79.9. The first kappa shape index (κ1) is 20.0. The van der Waals surface area contributed by atoms with Gasteiger partial charge in [0.05, 0.1) is 25.6 Å². The maximum Gasteiger partial charge on any atom is 0.308 e. The van der Waals surface area contributed by atoms with Gasteiger partial charge in [0.1, 0.15) is 5.75 Å². The summed E-state index contributed by atoms with van der Waals surface area (Å²) in [6, 6.07) is 10.2. The van der Waals surface area contributed by atoms with Gasteiger partial charge in [-0.2, -0.15) is 0 Å². The lowest BCUT2D eigenvalue weighted by Gasteiger charge is -2.19. The molecule has 0 spiro atoms. The van der Waals surface area contributed by atoms with Crippen LogP contribution < -0.4 is 4.74 Å². The Morgan fingerprint density at radius 2 is 1.62 bits per heavy atom. The maximum absolute atomic E-state index is 11.4. The number of esters is 1. The Morgan fingerprint density at radius 1 is 1.00 bits per heavy atom. The fraction of sp³-hybridized carbons (Fsp3) is 0.188. The summed E-state index contributed by atoms with van der Waals surface area (Å²) in [4.78, 5) is 31.0. The molecule has 2 aromatic rings. The minimum atomic E-state index is -0.693. The fourth-order valence-electron chi connectivity index (χ4n) is 2.31. The number of non-ortho nitro benzene ring substituents is 1. The van der Waals surface area contributed by atoms with Crippen molar-refractivity contribution in [2.45, 2.75) is 16.6 Å². The number of rotatable bonds is 6. The normalized spacial score (nSPS) is 12.9. The van der Waals surface area contributed by atoms with Crippen molar-refractivity contribution < 1.29 is 19.4 Å². The molecule has 2 atom stereocenters. The minimum absolute atomic E-state index is 0.250. The first-order valence-electron chi connectivity index (χ1n) is 7.20. The molecule has 0 bridgehead atoms. The van der Waals surface area contributed by atoms with Crippen molar-refractivity contribution in [2.24, 2.45) is 0 Å². The van der Waals surface area contributed by atoms with E-state index in [1.165, 1.54) is 19.1 Å². The van der Waals surface area contributed by atoms with Crippen molar-refractivity contribution >= 4 is 49.2 Å². The van der Waals surface area contributed by atoms with Gasteiger partial charge < -0.3 is 4.74 Å². The van der Waals surface area contributed by atoms with E-state index in [0.29, 0.717) is 11.3 Å². The second kappa shape index (κ2) is 8.37. The molecule has 0 radical (unpaired) electrons. The van der Waals surface area contributed by atoms with E-state index in [1.807, 2.05) is 0 Å². The molecule has 0 heterocycles. The number of benzene rings is 2. The highest BCUT2D eigenvalue weighted by Crippen LogP contribution is 2.48. The third-order valence-electron chi connectivity index (χ3n) is 3.45. The van der Waals surface area contributed by atoms with E-state index >= 15 is 0 Å². The van der Waals surface area contributed by atoms with Crippen LogP contribution in [0.15, 0.2) is 42.5 Å². The van der Waals surface area contributed by atoms with E-state index in [1.54, 1.807) is 24.3 Å². The van der Waals surface area contributed by atoms with Crippen LogP contribution in [-0.4, -0.2) is 15.8 Å². The minimum Gasteiger partial charge on any atom is -0.426 e. The van der Waals surface area contributed by atoms with Gasteiger partial charge in [-0.05, 0) is 12.1 Å². The van der Waals surface area contributed by atoms with Gasteiger partial charge in [0.2, 0.25) is 0 Å². The predicted molar refractivity (Wildman–Crippen MR) is 101 cm³/mol. The Kier molecular flexibility index (Phi) is 6.43. The quantitative estimate of drug-likeness (QED) is 0.186. The molecular weight excluding hydrogens is 476 g/mol. The number of carbonyl (C=O) groups excluding carboxylic acids is 1. The van der Waals surface area contributed by atoms with Gasteiger partial charge in [-0.15, -0.1) is 0 Å². The smallest absolute Gasteiger partial charge is 0.308 e. The number of para-hydroxylation sites is 1. The monoisotopic (exact) mass is 486 g/mol. The van der Waals surface area contributed by atoms with Crippen LogP contribution in [0.5, 0.6) is 5.75 Å². The standard InChI is InChI=1S/C16H12Br2N2O6/c1-9(21)26-14-5-3-2-4-12(14)16(18)15(17)11-7-6-10(19(22)23)8-13(11)20(24)25/h2-8,15-16H,1H3. The lowest BCUT2D eigenvalue weighted by atomic mass is 10.0. The molecule has 2 unspecified atom stereocenters. The molecule has 0 amide bonds. The van der Waals surface area contributed by atoms with Crippen molar-refractivity contribution in [1.29, 1.82) is 0 Å². The van der Waals surface area contributed by atoms with Gasteiger partial charge in [0.25, 0.3) is 11.4 Å². The number of nitrogens with zero attached hydrogens (tertiary/aromatic N) is 2. The summed E-state index contributed by atoms with van der Waals surface area (Å²) in [6.45, 7) is 1.27. The van der Waals surface area contributed by atoms with Gasteiger partial charge in [-0.25, -0.2) is 0 Å². The number of ether oxygens (including phenoxy) is 1. The summed E-state index contributed by atoms with van der Waals surface area (Å²) in [5.41, 5.74) is 0.0967. The first-order chi connectivity index (χ1) is 12.2. The second-order valence-electron chi connectivity index (χ2n) is 5.19. The summed E-state index contributed by atoms with van der Waals surface area (Å²) in [7, 11) is 0. The number of carbonyl (C=O) groups is 1. The van der Waals surface area contributed by atoms with Crippen LogP contribution in [0.4, 0.5) is 11.4 Å². The van der Waals surface area contributed by atoms with E-state index < -0.39 is 25.5 Å². The molecular formula is C16H12Br2N2O6. The zero-order valence-corrected chi connectivity index (χ0v) is 16.5. The van der Waals surface area contributed by atoms with Gasteiger partial charge >= 0.3 is 5.97 Å². The van der Waals surface area contributed by atoms with Crippen molar-refractivity contribution in [1.82, 2.24) is 0 Å². The number of hydrogen-bond acceptors (Lipinski definition) is 6. The van der Waals surface area contributed by atoms with Crippen LogP contribution in [0.25, 0.3) is 0 Å². The molecule has 0 saturated carbocycles. The van der Waals surface area contributed by atoms with Crippen LogP contribution in [0.2, 0.25) is 0 Å². The molecule has 0 N–H and O–H groups in total. The molecule has 26 heavy (non-hydrogen) atoms. The summed E-state index contributed by atoms with van der Waals surface area (Å²) < 4.78 is 5.17. The number of hydrogen-bond donors (Lipinski definition) is 0. The second-order valence-corrected chi connectivity index (χ2v) is 7.17. The van der Waals surface area contributed by atoms with Crippen LogP contribution in [0.3, 0.4) is 0 Å².